The second-order valence-corrected chi connectivity index (χ2v) is 6.36. The van der Waals surface area contributed by atoms with E-state index in [-0.39, 0.29) is 13.2 Å². The molecule has 0 rings (SSSR count). The number of hydrogen-bond donors (Lipinski definition) is 2. The van der Waals surface area contributed by atoms with Gasteiger partial charge in [0.2, 0.25) is 0 Å². The normalized spacial score (nSPS) is 12.6. The highest BCUT2D eigenvalue weighted by Crippen LogP contribution is 2.41. The molecule has 0 aromatic heterocycles. The van der Waals surface area contributed by atoms with Crippen LogP contribution in [0.15, 0.2) is 12.2 Å². The van der Waals surface area contributed by atoms with Gasteiger partial charge in [-0.3, -0.25) is 9.36 Å². The number of carbonyl (C=O) groups is 2. The van der Waals surface area contributed by atoms with E-state index in [1.54, 1.807) is 6.92 Å². The zero-order valence-corrected chi connectivity index (χ0v) is 12.6. The molecule has 0 aliphatic carbocycles. The summed E-state index contributed by atoms with van der Waals surface area (Å²) < 4.78 is 20.4. The summed E-state index contributed by atoms with van der Waals surface area (Å²) in [6, 6.07) is 0. The summed E-state index contributed by atoms with van der Waals surface area (Å²) in [5.74, 6) is -1.35. The van der Waals surface area contributed by atoms with Crippen LogP contribution in [0.3, 0.4) is 0 Å². The van der Waals surface area contributed by atoms with E-state index in [1.165, 1.54) is 0 Å². The van der Waals surface area contributed by atoms with Gasteiger partial charge < -0.3 is 19.3 Å². The molecule has 2 N–H and O–H groups in total. The maximum atomic E-state index is 11.2. The van der Waals surface area contributed by atoms with E-state index < -0.39 is 25.2 Å². The van der Waals surface area contributed by atoms with Crippen molar-refractivity contribution < 1.29 is 33.4 Å². The van der Waals surface area contributed by atoms with Crippen LogP contribution in [0.5, 0.6) is 0 Å². The van der Waals surface area contributed by atoms with Crippen LogP contribution < -0.4 is 0 Å². The lowest BCUT2D eigenvalue weighted by Gasteiger charge is -2.12. The number of rotatable bonds is 9. The van der Waals surface area contributed by atoms with E-state index in [4.69, 9.17) is 19.3 Å². The maximum absolute atomic E-state index is 11.2. The van der Waals surface area contributed by atoms with Crippen molar-refractivity contribution in [2.45, 2.75) is 38.8 Å². The highest BCUT2D eigenvalue weighted by molar-refractivity contribution is 7.53. The minimum absolute atomic E-state index is 0.0810. The molecule has 7 nitrogen and oxygen atoms in total. The molecule has 0 aliphatic rings. The molecular formula is C12H21O7P. The van der Waals surface area contributed by atoms with Crippen LogP contribution in [0.4, 0.5) is 0 Å². The van der Waals surface area contributed by atoms with Crippen LogP contribution in [0, 0.1) is 0 Å². The number of esters is 2. The lowest BCUT2D eigenvalue weighted by Crippen LogP contribution is -2.20. The quantitative estimate of drug-likeness (QED) is 0.286. The zero-order valence-electron chi connectivity index (χ0n) is 11.7. The Morgan fingerprint density at radius 2 is 1.65 bits per heavy atom. The molecule has 1 atom stereocenters. The van der Waals surface area contributed by atoms with Crippen LogP contribution in [0.25, 0.3) is 0 Å². The fraction of sp³-hybridized carbons (Fsp3) is 0.667. The fourth-order valence-corrected chi connectivity index (χ4v) is 1.45. The summed E-state index contributed by atoms with van der Waals surface area (Å²) in [7, 11) is -4.44. The fourth-order valence-electron chi connectivity index (χ4n) is 1.10. The molecule has 8 heteroatoms. The molecule has 116 valence electrons. The smallest absolute Gasteiger partial charge is 0.339 e. The Bertz CT molecular complexity index is 399. The van der Waals surface area contributed by atoms with Crippen molar-refractivity contribution in [2.24, 2.45) is 0 Å². The Hall–Kier alpha value is -1.17. The molecular weight excluding hydrogens is 287 g/mol. The van der Waals surface area contributed by atoms with Gasteiger partial charge in [-0.25, -0.2) is 4.79 Å². The SMILES string of the molecule is C=C(C)C(=O)OCCCCCOC(=O)C(C)P(=O)(O)O. The number of unbranched alkanes of at least 4 members (excludes halogenated alkanes) is 2. The second kappa shape index (κ2) is 8.89. The van der Waals surface area contributed by atoms with Gasteiger partial charge in [0.15, 0.2) is 5.66 Å². The van der Waals surface area contributed by atoms with Gasteiger partial charge in [0.25, 0.3) is 0 Å². The van der Waals surface area contributed by atoms with Crippen LogP contribution in [0.2, 0.25) is 0 Å². The molecule has 0 saturated heterocycles. The lowest BCUT2D eigenvalue weighted by atomic mass is 10.2. The van der Waals surface area contributed by atoms with Gasteiger partial charge in [-0.15, -0.1) is 0 Å². The molecule has 0 amide bonds. The van der Waals surface area contributed by atoms with Gasteiger partial charge in [0, 0.05) is 5.57 Å². The molecule has 0 saturated carbocycles. The third-order valence-corrected chi connectivity index (χ3v) is 3.68. The number of hydrogen-bond acceptors (Lipinski definition) is 5. The molecule has 1 unspecified atom stereocenters. The third kappa shape index (κ3) is 8.09. The van der Waals surface area contributed by atoms with Gasteiger partial charge >= 0.3 is 19.5 Å². The minimum Gasteiger partial charge on any atom is -0.465 e. The van der Waals surface area contributed by atoms with Crippen molar-refractivity contribution in [3.63, 3.8) is 0 Å². The first-order valence-corrected chi connectivity index (χ1v) is 7.89. The lowest BCUT2D eigenvalue weighted by molar-refractivity contribution is -0.143. The van der Waals surface area contributed by atoms with Crippen molar-refractivity contribution in [1.29, 1.82) is 0 Å². The van der Waals surface area contributed by atoms with Gasteiger partial charge in [0.05, 0.1) is 13.2 Å². The molecule has 0 radical (unpaired) electrons. The maximum Gasteiger partial charge on any atom is 0.339 e. The summed E-state index contributed by atoms with van der Waals surface area (Å²) in [5.41, 5.74) is -1.11. The second-order valence-electron chi connectivity index (χ2n) is 4.41. The van der Waals surface area contributed by atoms with E-state index in [0.717, 1.165) is 6.92 Å². The zero-order chi connectivity index (χ0) is 15.8. The van der Waals surface area contributed by atoms with E-state index in [1.807, 2.05) is 0 Å². The van der Waals surface area contributed by atoms with Crippen molar-refractivity contribution in [3.8, 4) is 0 Å². The Morgan fingerprint density at radius 3 is 2.10 bits per heavy atom. The first-order chi connectivity index (χ1) is 9.16. The molecule has 20 heavy (non-hydrogen) atoms. The van der Waals surface area contributed by atoms with E-state index in [0.29, 0.717) is 24.8 Å². The summed E-state index contributed by atoms with van der Waals surface area (Å²) in [6.07, 6.45) is 1.82. The molecule has 0 bridgehead atoms. The third-order valence-electron chi connectivity index (χ3n) is 2.46. The Balaban J connectivity index is 3.63. The van der Waals surface area contributed by atoms with Crippen molar-refractivity contribution in [1.82, 2.24) is 0 Å². The summed E-state index contributed by atoms with van der Waals surface area (Å²) in [5, 5.41) is 0. The van der Waals surface area contributed by atoms with Crippen LogP contribution in [0.1, 0.15) is 33.1 Å². The Morgan fingerprint density at radius 1 is 1.15 bits per heavy atom. The van der Waals surface area contributed by atoms with Gasteiger partial charge in [0.1, 0.15) is 0 Å². The molecule has 0 fully saturated rings. The molecule has 0 aromatic carbocycles. The van der Waals surface area contributed by atoms with Crippen molar-refractivity contribution in [3.05, 3.63) is 12.2 Å². The first-order valence-electron chi connectivity index (χ1n) is 6.20. The highest BCUT2D eigenvalue weighted by Gasteiger charge is 2.32. The number of ether oxygens (including phenoxy) is 2. The van der Waals surface area contributed by atoms with Crippen LogP contribution in [-0.2, 0) is 23.6 Å². The van der Waals surface area contributed by atoms with Crippen molar-refractivity contribution >= 4 is 19.5 Å². The van der Waals surface area contributed by atoms with E-state index in [9.17, 15) is 14.2 Å². The standard InChI is InChI=1S/C12H21O7P/c1-9(2)11(13)18-7-5-4-6-8-19-12(14)10(3)20(15,16)17/h10H,1,4-8H2,2-3H3,(H2,15,16,17). The van der Waals surface area contributed by atoms with Gasteiger partial charge in [-0.2, -0.15) is 0 Å². The minimum atomic E-state index is -4.44. The number of carbonyl (C=O) groups excluding carboxylic acids is 2. The van der Waals surface area contributed by atoms with Gasteiger partial charge in [-0.1, -0.05) is 6.58 Å². The molecule has 0 aromatic rings. The summed E-state index contributed by atoms with van der Waals surface area (Å²) in [6.45, 7) is 6.47. The molecule has 0 heterocycles. The van der Waals surface area contributed by atoms with E-state index in [2.05, 4.69) is 6.58 Å². The largest absolute Gasteiger partial charge is 0.465 e. The van der Waals surface area contributed by atoms with Crippen molar-refractivity contribution in [2.75, 3.05) is 13.2 Å². The monoisotopic (exact) mass is 308 g/mol. The van der Waals surface area contributed by atoms with Crippen LogP contribution in [-0.4, -0.2) is 40.6 Å². The van der Waals surface area contributed by atoms with Gasteiger partial charge in [-0.05, 0) is 33.1 Å². The van der Waals surface area contributed by atoms with Crippen LogP contribution >= 0.6 is 7.60 Å². The average molecular weight is 308 g/mol. The first kappa shape index (κ1) is 18.8. The predicted octanol–water partition coefficient (Wildman–Crippen LogP) is 1.39. The molecule has 0 aliphatic heterocycles. The molecule has 0 spiro atoms. The Kier molecular flexibility index (Phi) is 8.37. The topological polar surface area (TPSA) is 110 Å². The Labute approximate surface area is 118 Å². The highest BCUT2D eigenvalue weighted by atomic mass is 31.2. The average Bonchev–Trinajstić information content (AvgIpc) is 2.34. The van der Waals surface area contributed by atoms with E-state index >= 15 is 0 Å². The summed E-state index contributed by atoms with van der Waals surface area (Å²) >= 11 is 0. The summed E-state index contributed by atoms with van der Waals surface area (Å²) in [4.78, 5) is 39.8. The predicted molar refractivity (Wildman–Crippen MR) is 72.1 cm³/mol.